The molecule has 0 bridgehead atoms. The maximum Gasteiger partial charge on any atom is 0.345 e. The molecule has 3 rings (SSSR count). The second-order valence-electron chi connectivity index (χ2n) is 5.80. The van der Waals surface area contributed by atoms with Crippen LogP contribution in [-0.2, 0) is 22.1 Å². The monoisotopic (exact) mass is 427 g/mol. The summed E-state index contributed by atoms with van der Waals surface area (Å²) in [7, 11) is -1.14. The van der Waals surface area contributed by atoms with Crippen LogP contribution in [0.3, 0.4) is 0 Å². The number of nitrogens with one attached hydrogen (secondary N) is 1. The lowest BCUT2D eigenvalue weighted by Crippen LogP contribution is -2.35. The Bertz CT molecular complexity index is 1090. The van der Waals surface area contributed by atoms with Crippen molar-refractivity contribution in [2.45, 2.75) is 6.92 Å². The standard InChI is InChI=1S/C16H15Cl2N5O3S/c1-9-10(8-22(2)20-9)13-7-14(23(3)27(25,26)21-13)16(24)19-15-11(17)5-4-6-12(15)18/h4-8H,1-3H3,(H,19,24). The number of likely N-dealkylation sites (N-methyl/N-ethyl adjacent to an activating group) is 1. The number of amides is 1. The number of aryl methyl sites for hydroxylation is 2. The third-order valence-corrected chi connectivity index (χ3v) is 5.84. The summed E-state index contributed by atoms with van der Waals surface area (Å²) < 4.78 is 30.9. The van der Waals surface area contributed by atoms with E-state index in [4.69, 9.17) is 23.2 Å². The minimum absolute atomic E-state index is 0.120. The van der Waals surface area contributed by atoms with Gasteiger partial charge in [-0.25, -0.2) is 4.31 Å². The number of halogens is 2. The summed E-state index contributed by atoms with van der Waals surface area (Å²) in [4.78, 5) is 12.8. The number of hydrogen-bond donors (Lipinski definition) is 1. The van der Waals surface area contributed by atoms with Gasteiger partial charge in [-0.15, -0.1) is 4.40 Å². The third-order valence-electron chi connectivity index (χ3n) is 3.90. The fraction of sp³-hybridized carbons (Fsp3) is 0.188. The van der Waals surface area contributed by atoms with Crippen LogP contribution in [0, 0.1) is 6.92 Å². The van der Waals surface area contributed by atoms with Crippen molar-refractivity contribution in [3.8, 4) is 0 Å². The number of carbonyl (C=O) groups is 1. The van der Waals surface area contributed by atoms with Gasteiger partial charge >= 0.3 is 10.2 Å². The van der Waals surface area contributed by atoms with Crippen molar-refractivity contribution in [3.63, 3.8) is 0 Å². The smallest absolute Gasteiger partial charge is 0.318 e. The average molecular weight is 428 g/mol. The summed E-state index contributed by atoms with van der Waals surface area (Å²) in [5.41, 5.74) is 1.28. The molecule has 8 nitrogen and oxygen atoms in total. The molecule has 0 spiro atoms. The second-order valence-corrected chi connectivity index (χ2v) is 8.24. The van der Waals surface area contributed by atoms with E-state index < -0.39 is 16.1 Å². The van der Waals surface area contributed by atoms with Gasteiger partial charge < -0.3 is 5.32 Å². The minimum Gasteiger partial charge on any atom is -0.318 e. The summed E-state index contributed by atoms with van der Waals surface area (Å²) in [5.74, 6) is -0.690. The molecule has 2 heterocycles. The van der Waals surface area contributed by atoms with Crippen LogP contribution in [0.4, 0.5) is 5.69 Å². The second kappa shape index (κ2) is 6.99. The average Bonchev–Trinajstić information content (AvgIpc) is 2.91. The first kappa shape index (κ1) is 19.4. The minimum atomic E-state index is -4.08. The number of anilines is 1. The molecule has 2 aromatic rings. The van der Waals surface area contributed by atoms with Gasteiger partial charge in [0.1, 0.15) is 5.70 Å². The van der Waals surface area contributed by atoms with Crippen LogP contribution >= 0.6 is 23.2 Å². The highest BCUT2D eigenvalue weighted by atomic mass is 35.5. The van der Waals surface area contributed by atoms with E-state index in [0.717, 1.165) is 4.31 Å². The van der Waals surface area contributed by atoms with Crippen molar-refractivity contribution >= 4 is 50.7 Å². The highest BCUT2D eigenvalue weighted by molar-refractivity contribution is 7.88. The lowest BCUT2D eigenvalue weighted by Gasteiger charge is -2.23. The van der Waals surface area contributed by atoms with Crippen LogP contribution in [-0.4, -0.2) is 41.2 Å². The zero-order chi connectivity index (χ0) is 19.9. The molecule has 11 heteroatoms. The number of carbonyl (C=O) groups excluding carboxylic acids is 1. The van der Waals surface area contributed by atoms with Gasteiger partial charge in [-0.3, -0.25) is 9.48 Å². The van der Waals surface area contributed by atoms with Crippen LogP contribution < -0.4 is 5.32 Å². The predicted molar refractivity (Wildman–Crippen MR) is 104 cm³/mol. The number of aromatic nitrogens is 2. The van der Waals surface area contributed by atoms with Crippen molar-refractivity contribution in [2.75, 3.05) is 12.4 Å². The molecule has 0 fully saturated rings. The SMILES string of the molecule is Cc1nn(C)cc1C1=NS(=O)(=O)N(C)C(C(=O)Nc2c(Cl)cccc2Cl)=C1. The molecule has 1 aromatic carbocycles. The first-order valence-electron chi connectivity index (χ1n) is 7.66. The number of rotatable bonds is 3. The van der Waals surface area contributed by atoms with Crippen LogP contribution in [0.15, 0.2) is 40.6 Å². The maximum absolute atomic E-state index is 12.8. The summed E-state index contributed by atoms with van der Waals surface area (Å²) in [6, 6.07) is 4.75. The summed E-state index contributed by atoms with van der Waals surface area (Å²) in [6.45, 7) is 1.72. The molecule has 142 valence electrons. The molecule has 27 heavy (non-hydrogen) atoms. The first-order valence-corrected chi connectivity index (χ1v) is 9.82. The molecule has 0 radical (unpaired) electrons. The van der Waals surface area contributed by atoms with Crippen molar-refractivity contribution in [3.05, 3.63) is 57.5 Å². The molecule has 0 aliphatic carbocycles. The number of allylic oxidation sites excluding steroid dienone is 1. The summed E-state index contributed by atoms with van der Waals surface area (Å²) in [5, 5.41) is 7.19. The Morgan fingerprint density at radius 3 is 2.37 bits per heavy atom. The summed E-state index contributed by atoms with van der Waals surface area (Å²) >= 11 is 12.1. The Balaban J connectivity index is 2.04. The number of nitrogens with zero attached hydrogens (tertiary/aromatic N) is 4. The Hall–Kier alpha value is -2.36. The maximum atomic E-state index is 12.8. The van der Waals surface area contributed by atoms with Crippen molar-refractivity contribution in [2.24, 2.45) is 11.4 Å². The van der Waals surface area contributed by atoms with Gasteiger partial charge in [0.05, 0.1) is 27.1 Å². The topological polar surface area (TPSA) is 96.7 Å². The van der Waals surface area contributed by atoms with E-state index in [2.05, 4.69) is 14.8 Å². The molecule has 0 saturated carbocycles. The molecule has 0 saturated heterocycles. The van der Waals surface area contributed by atoms with Gasteiger partial charge in [0.15, 0.2) is 0 Å². The van der Waals surface area contributed by atoms with E-state index >= 15 is 0 Å². The van der Waals surface area contributed by atoms with E-state index in [9.17, 15) is 13.2 Å². The molecular weight excluding hydrogens is 413 g/mol. The van der Waals surface area contributed by atoms with Gasteiger partial charge in [0, 0.05) is 25.9 Å². The molecule has 0 atom stereocenters. The Morgan fingerprint density at radius 1 is 1.19 bits per heavy atom. The van der Waals surface area contributed by atoms with Crippen molar-refractivity contribution < 1.29 is 13.2 Å². The van der Waals surface area contributed by atoms with E-state index in [0.29, 0.717) is 11.3 Å². The van der Waals surface area contributed by atoms with Gasteiger partial charge in [0.2, 0.25) is 0 Å². The lowest BCUT2D eigenvalue weighted by atomic mass is 10.1. The van der Waals surface area contributed by atoms with Crippen molar-refractivity contribution in [1.82, 2.24) is 14.1 Å². The highest BCUT2D eigenvalue weighted by Crippen LogP contribution is 2.31. The Morgan fingerprint density at radius 2 is 1.81 bits per heavy atom. The number of hydrogen-bond acceptors (Lipinski definition) is 4. The van der Waals surface area contributed by atoms with Crippen LogP contribution in [0.25, 0.3) is 0 Å². The zero-order valence-electron chi connectivity index (χ0n) is 14.6. The number of para-hydroxylation sites is 1. The largest absolute Gasteiger partial charge is 0.345 e. The fourth-order valence-electron chi connectivity index (χ4n) is 2.54. The molecule has 1 aliphatic heterocycles. The van der Waals surface area contributed by atoms with Crippen LogP contribution in [0.1, 0.15) is 11.3 Å². The van der Waals surface area contributed by atoms with Gasteiger partial charge in [-0.05, 0) is 25.1 Å². The highest BCUT2D eigenvalue weighted by Gasteiger charge is 2.31. The van der Waals surface area contributed by atoms with Gasteiger partial charge in [0.25, 0.3) is 5.91 Å². The molecule has 1 N–H and O–H groups in total. The first-order chi connectivity index (χ1) is 12.6. The Labute approximate surface area is 166 Å². The molecule has 1 aromatic heterocycles. The van der Waals surface area contributed by atoms with Gasteiger partial charge in [-0.1, -0.05) is 29.3 Å². The quantitative estimate of drug-likeness (QED) is 0.813. The fourth-order valence-corrected chi connectivity index (χ4v) is 3.94. The third kappa shape index (κ3) is 3.71. The van der Waals surface area contributed by atoms with Gasteiger partial charge in [-0.2, -0.15) is 13.5 Å². The van der Waals surface area contributed by atoms with E-state index in [-0.39, 0.29) is 27.1 Å². The predicted octanol–water partition coefficient (Wildman–Crippen LogP) is 2.54. The molecule has 0 unspecified atom stereocenters. The number of benzene rings is 1. The van der Waals surface area contributed by atoms with Crippen LogP contribution in [0.2, 0.25) is 10.0 Å². The van der Waals surface area contributed by atoms with E-state index in [1.807, 2.05) is 0 Å². The van der Waals surface area contributed by atoms with Crippen molar-refractivity contribution in [1.29, 1.82) is 0 Å². The zero-order valence-corrected chi connectivity index (χ0v) is 16.9. The molecule has 1 aliphatic rings. The molecular formula is C16H15Cl2N5O3S. The lowest BCUT2D eigenvalue weighted by molar-refractivity contribution is -0.113. The van der Waals surface area contributed by atoms with E-state index in [1.54, 1.807) is 38.4 Å². The summed E-state index contributed by atoms with van der Waals surface area (Å²) in [6.07, 6.45) is 3.01. The Kier molecular flexibility index (Phi) is 5.02. The van der Waals surface area contributed by atoms with Crippen LogP contribution in [0.5, 0.6) is 0 Å². The van der Waals surface area contributed by atoms with E-state index in [1.165, 1.54) is 17.8 Å². The molecule has 1 amide bonds. The normalized spacial score (nSPS) is 16.0.